The van der Waals surface area contributed by atoms with Gasteiger partial charge in [-0.3, -0.25) is 0 Å². The summed E-state index contributed by atoms with van der Waals surface area (Å²) in [5, 5.41) is 13.7. The molecule has 0 radical (unpaired) electrons. The molecule has 1 unspecified atom stereocenters. The minimum atomic E-state index is -1.02. The summed E-state index contributed by atoms with van der Waals surface area (Å²) in [6, 6.07) is 3.29. The van der Waals surface area contributed by atoms with E-state index in [-0.39, 0.29) is 5.56 Å². The van der Waals surface area contributed by atoms with Crippen LogP contribution in [0.2, 0.25) is 0 Å². The number of aryl methyl sites for hydroxylation is 1. The third-order valence-corrected chi connectivity index (χ3v) is 3.07. The molecule has 84 valence electrons. The quantitative estimate of drug-likeness (QED) is 0.878. The van der Waals surface area contributed by atoms with Crippen molar-refractivity contribution in [1.29, 1.82) is 0 Å². The predicted molar refractivity (Wildman–Crippen MR) is 55.1 cm³/mol. The van der Waals surface area contributed by atoms with Gasteiger partial charge >= 0.3 is 0 Å². The fourth-order valence-electron chi connectivity index (χ4n) is 1.32. The molecular weight excluding hydrogens is 234 g/mol. The lowest BCUT2D eigenvalue weighted by atomic mass is 10.1. The van der Waals surface area contributed by atoms with Crippen LogP contribution in [-0.4, -0.2) is 14.7 Å². The van der Waals surface area contributed by atoms with E-state index in [1.165, 1.54) is 6.07 Å². The highest BCUT2D eigenvalue weighted by atomic mass is 32.1. The highest BCUT2D eigenvalue weighted by molar-refractivity contribution is 7.05. The Kier molecular flexibility index (Phi) is 2.93. The van der Waals surface area contributed by atoms with Gasteiger partial charge in [0, 0.05) is 0 Å². The van der Waals surface area contributed by atoms with Crippen molar-refractivity contribution in [1.82, 2.24) is 9.59 Å². The zero-order chi connectivity index (χ0) is 11.7. The molecule has 0 spiro atoms. The van der Waals surface area contributed by atoms with Crippen molar-refractivity contribution in [3.8, 4) is 0 Å². The summed E-state index contributed by atoms with van der Waals surface area (Å²) in [5.74, 6) is -1.92. The first-order valence-corrected chi connectivity index (χ1v) is 5.29. The second-order valence-electron chi connectivity index (χ2n) is 3.30. The molecule has 0 fully saturated rings. The molecule has 16 heavy (non-hydrogen) atoms. The van der Waals surface area contributed by atoms with Crippen LogP contribution in [0, 0.1) is 18.6 Å². The Morgan fingerprint density at radius 3 is 2.62 bits per heavy atom. The van der Waals surface area contributed by atoms with E-state index < -0.39 is 17.7 Å². The Morgan fingerprint density at radius 2 is 2.06 bits per heavy atom. The zero-order valence-corrected chi connectivity index (χ0v) is 9.13. The van der Waals surface area contributed by atoms with E-state index in [9.17, 15) is 13.9 Å². The third-order valence-electron chi connectivity index (χ3n) is 2.19. The van der Waals surface area contributed by atoms with E-state index in [4.69, 9.17) is 0 Å². The lowest BCUT2D eigenvalue weighted by molar-refractivity contribution is 0.222. The summed E-state index contributed by atoms with van der Waals surface area (Å²) in [5.41, 5.74) is 0.871. The van der Waals surface area contributed by atoms with E-state index >= 15 is 0 Å². The number of nitrogens with zero attached hydrogens (tertiary/aromatic N) is 2. The largest absolute Gasteiger partial charge is 0.383 e. The number of hydrogen-bond acceptors (Lipinski definition) is 4. The van der Waals surface area contributed by atoms with Gasteiger partial charge in [-0.15, -0.1) is 5.10 Å². The van der Waals surface area contributed by atoms with Crippen molar-refractivity contribution < 1.29 is 13.9 Å². The van der Waals surface area contributed by atoms with Gasteiger partial charge in [0.1, 0.15) is 6.10 Å². The van der Waals surface area contributed by atoms with Crippen LogP contribution in [0.4, 0.5) is 8.78 Å². The molecule has 1 aromatic heterocycles. The zero-order valence-electron chi connectivity index (χ0n) is 8.32. The van der Waals surface area contributed by atoms with Gasteiger partial charge in [0.05, 0.1) is 10.6 Å². The van der Waals surface area contributed by atoms with Gasteiger partial charge in [-0.1, -0.05) is 10.6 Å². The average molecular weight is 242 g/mol. The lowest BCUT2D eigenvalue weighted by Gasteiger charge is -2.09. The molecule has 0 aliphatic heterocycles. The van der Waals surface area contributed by atoms with Gasteiger partial charge in [-0.2, -0.15) is 0 Å². The minimum Gasteiger partial charge on any atom is -0.383 e. The molecule has 3 nitrogen and oxygen atoms in total. The smallest absolute Gasteiger partial charge is 0.159 e. The summed E-state index contributed by atoms with van der Waals surface area (Å²) < 4.78 is 29.3. The Balaban J connectivity index is 2.38. The maximum Gasteiger partial charge on any atom is 0.159 e. The molecule has 2 aromatic rings. The fourth-order valence-corrected chi connectivity index (χ4v) is 1.98. The summed E-state index contributed by atoms with van der Waals surface area (Å²) >= 11 is 1.04. The van der Waals surface area contributed by atoms with Crippen molar-refractivity contribution in [3.63, 3.8) is 0 Å². The highest BCUT2D eigenvalue weighted by Crippen LogP contribution is 2.27. The highest BCUT2D eigenvalue weighted by Gasteiger charge is 2.17. The van der Waals surface area contributed by atoms with Gasteiger partial charge in [0.2, 0.25) is 0 Å². The van der Waals surface area contributed by atoms with E-state index in [1.54, 1.807) is 6.92 Å². The van der Waals surface area contributed by atoms with Gasteiger partial charge in [-0.25, -0.2) is 8.78 Å². The predicted octanol–water partition coefficient (Wildman–Crippen LogP) is 2.21. The Morgan fingerprint density at radius 1 is 1.31 bits per heavy atom. The molecule has 1 atom stereocenters. The second kappa shape index (κ2) is 4.23. The molecule has 0 saturated heterocycles. The van der Waals surface area contributed by atoms with Crippen molar-refractivity contribution in [2.45, 2.75) is 13.0 Å². The van der Waals surface area contributed by atoms with Crippen molar-refractivity contribution >= 4 is 11.5 Å². The van der Waals surface area contributed by atoms with Crippen LogP contribution < -0.4 is 0 Å². The van der Waals surface area contributed by atoms with Gasteiger partial charge < -0.3 is 5.11 Å². The fraction of sp³-hybridized carbons (Fsp3) is 0.200. The average Bonchev–Trinajstić information content (AvgIpc) is 2.67. The number of halogens is 2. The number of aliphatic hydroxyl groups is 1. The molecule has 1 N–H and O–H groups in total. The van der Waals surface area contributed by atoms with Crippen molar-refractivity contribution in [2.75, 3.05) is 0 Å². The minimum absolute atomic E-state index is 0.285. The van der Waals surface area contributed by atoms with E-state index in [2.05, 4.69) is 9.59 Å². The number of benzene rings is 1. The lowest BCUT2D eigenvalue weighted by Crippen LogP contribution is -2.00. The summed E-state index contributed by atoms with van der Waals surface area (Å²) in [6.07, 6.45) is -1.02. The number of rotatable bonds is 2. The first-order valence-electron chi connectivity index (χ1n) is 4.51. The topological polar surface area (TPSA) is 46.0 Å². The molecule has 0 aliphatic rings. The van der Waals surface area contributed by atoms with Crippen LogP contribution in [0.5, 0.6) is 0 Å². The van der Waals surface area contributed by atoms with Crippen LogP contribution >= 0.6 is 11.5 Å². The Labute approximate surface area is 94.5 Å². The Bertz CT molecular complexity index is 515. The van der Waals surface area contributed by atoms with Gasteiger partial charge in [0.15, 0.2) is 11.6 Å². The Hall–Kier alpha value is -1.40. The van der Waals surface area contributed by atoms with Crippen LogP contribution in [0.1, 0.15) is 22.2 Å². The van der Waals surface area contributed by atoms with Crippen LogP contribution in [0.3, 0.4) is 0 Å². The molecular formula is C10H8F2N2OS. The van der Waals surface area contributed by atoms with Gasteiger partial charge in [0.25, 0.3) is 0 Å². The molecule has 6 heteroatoms. The van der Waals surface area contributed by atoms with Crippen LogP contribution in [0.15, 0.2) is 18.2 Å². The summed E-state index contributed by atoms with van der Waals surface area (Å²) in [6.45, 7) is 1.70. The molecule has 1 aromatic carbocycles. The van der Waals surface area contributed by atoms with Gasteiger partial charge in [-0.05, 0) is 36.2 Å². The number of aromatic nitrogens is 2. The molecule has 0 saturated carbocycles. The molecule has 2 rings (SSSR count). The summed E-state index contributed by atoms with van der Waals surface area (Å²) in [7, 11) is 0. The first kappa shape index (κ1) is 11.1. The normalized spacial score (nSPS) is 12.8. The van der Waals surface area contributed by atoms with Crippen LogP contribution in [0.25, 0.3) is 0 Å². The van der Waals surface area contributed by atoms with E-state index in [0.29, 0.717) is 10.6 Å². The molecule has 0 aliphatic carbocycles. The maximum absolute atomic E-state index is 13.0. The standard InChI is InChI=1S/C10H8F2N2OS/c1-5-10(16-14-13-5)9(15)6-2-3-7(11)8(12)4-6/h2-4,9,15H,1H3. The first-order chi connectivity index (χ1) is 7.59. The second-order valence-corrected chi connectivity index (χ2v) is 4.08. The molecule has 1 heterocycles. The summed E-state index contributed by atoms with van der Waals surface area (Å²) in [4.78, 5) is 0.533. The SMILES string of the molecule is Cc1nnsc1C(O)c1ccc(F)c(F)c1. The molecule has 0 amide bonds. The third kappa shape index (κ3) is 1.94. The van der Waals surface area contributed by atoms with Crippen LogP contribution in [-0.2, 0) is 0 Å². The molecule has 0 bridgehead atoms. The van der Waals surface area contributed by atoms with Crippen molar-refractivity contribution in [3.05, 3.63) is 46.0 Å². The van der Waals surface area contributed by atoms with E-state index in [1.807, 2.05) is 0 Å². The maximum atomic E-state index is 13.0. The van der Waals surface area contributed by atoms with E-state index in [0.717, 1.165) is 23.7 Å². The number of aliphatic hydroxyl groups excluding tert-OH is 1. The monoisotopic (exact) mass is 242 g/mol. The van der Waals surface area contributed by atoms with Crippen molar-refractivity contribution in [2.24, 2.45) is 0 Å². The number of hydrogen-bond donors (Lipinski definition) is 1.